The van der Waals surface area contributed by atoms with Crippen molar-refractivity contribution >= 4 is 0 Å². The first kappa shape index (κ1) is 16.2. The molecule has 0 saturated heterocycles. The molecule has 1 rings (SSSR count). The Morgan fingerprint density at radius 3 is 2.26 bits per heavy atom. The first-order valence-electron chi connectivity index (χ1n) is 7.97. The maximum atomic E-state index is 3.76. The molecular formula is C18H31N. The van der Waals surface area contributed by atoms with Gasteiger partial charge in [0.15, 0.2) is 0 Å². The van der Waals surface area contributed by atoms with Gasteiger partial charge in [-0.05, 0) is 36.8 Å². The Morgan fingerprint density at radius 1 is 1.00 bits per heavy atom. The molecule has 0 aromatic heterocycles. The minimum absolute atomic E-state index is 0.590. The molecule has 0 aliphatic carbocycles. The molecule has 1 N–H and O–H groups in total. The highest BCUT2D eigenvalue weighted by Crippen LogP contribution is 2.25. The van der Waals surface area contributed by atoms with E-state index in [0.717, 1.165) is 12.5 Å². The summed E-state index contributed by atoms with van der Waals surface area (Å²) >= 11 is 0. The van der Waals surface area contributed by atoms with Crippen LogP contribution in [0.3, 0.4) is 0 Å². The van der Waals surface area contributed by atoms with Crippen LogP contribution in [0.1, 0.15) is 64.9 Å². The summed E-state index contributed by atoms with van der Waals surface area (Å²) in [7, 11) is 0. The molecule has 108 valence electrons. The van der Waals surface area contributed by atoms with Crippen molar-refractivity contribution in [1.29, 1.82) is 0 Å². The third-order valence-corrected chi connectivity index (χ3v) is 4.02. The van der Waals surface area contributed by atoms with E-state index >= 15 is 0 Å². The summed E-state index contributed by atoms with van der Waals surface area (Å²) in [6, 6.07) is 11.5. The van der Waals surface area contributed by atoms with Crippen LogP contribution in [-0.4, -0.2) is 12.6 Å². The van der Waals surface area contributed by atoms with Gasteiger partial charge in [-0.15, -0.1) is 0 Å². The average Bonchev–Trinajstić information content (AvgIpc) is 2.44. The minimum atomic E-state index is 0.590. The number of hydrogen-bond acceptors (Lipinski definition) is 1. The second-order valence-corrected chi connectivity index (χ2v) is 5.89. The van der Waals surface area contributed by atoms with Gasteiger partial charge >= 0.3 is 0 Å². The van der Waals surface area contributed by atoms with E-state index in [1.807, 2.05) is 0 Å². The molecule has 1 heteroatoms. The van der Waals surface area contributed by atoms with Gasteiger partial charge in [-0.25, -0.2) is 0 Å². The first-order chi connectivity index (χ1) is 9.19. The summed E-state index contributed by atoms with van der Waals surface area (Å²) in [6.45, 7) is 10.4. The molecule has 0 heterocycles. The van der Waals surface area contributed by atoms with Gasteiger partial charge in [-0.1, -0.05) is 70.9 Å². The Labute approximate surface area is 119 Å². The van der Waals surface area contributed by atoms with Crippen LogP contribution in [0.2, 0.25) is 0 Å². The molecule has 0 spiro atoms. The number of benzene rings is 1. The van der Waals surface area contributed by atoms with E-state index in [9.17, 15) is 0 Å². The molecular weight excluding hydrogens is 230 g/mol. The quantitative estimate of drug-likeness (QED) is 0.660. The van der Waals surface area contributed by atoms with E-state index in [0.29, 0.717) is 12.0 Å². The highest BCUT2D eigenvalue weighted by Gasteiger charge is 2.20. The molecule has 3 atom stereocenters. The molecule has 1 nitrogen and oxygen atoms in total. The lowest BCUT2D eigenvalue weighted by Crippen LogP contribution is -2.35. The fourth-order valence-electron chi connectivity index (χ4n) is 2.83. The molecule has 19 heavy (non-hydrogen) atoms. The average molecular weight is 261 g/mol. The monoisotopic (exact) mass is 261 g/mol. The zero-order chi connectivity index (χ0) is 14.1. The molecule has 0 radical (unpaired) electrons. The van der Waals surface area contributed by atoms with Crippen molar-refractivity contribution in [3.63, 3.8) is 0 Å². The fourth-order valence-corrected chi connectivity index (χ4v) is 2.83. The Morgan fingerprint density at radius 2 is 1.68 bits per heavy atom. The third kappa shape index (κ3) is 5.78. The lowest BCUT2D eigenvalue weighted by molar-refractivity contribution is 0.350. The van der Waals surface area contributed by atoms with Crippen molar-refractivity contribution < 1.29 is 0 Å². The second-order valence-electron chi connectivity index (χ2n) is 5.89. The van der Waals surface area contributed by atoms with E-state index < -0.39 is 0 Å². The standard InChI is InChI=1S/C18H31N/c1-5-10-15(3)14-18(19-13-6-2)16(4)17-11-8-7-9-12-17/h7-9,11-12,15-16,18-19H,5-6,10,13-14H2,1-4H3. The molecule has 0 aliphatic heterocycles. The maximum absolute atomic E-state index is 3.76. The molecule has 0 saturated carbocycles. The first-order valence-corrected chi connectivity index (χ1v) is 7.97. The highest BCUT2D eigenvalue weighted by molar-refractivity contribution is 5.20. The van der Waals surface area contributed by atoms with Crippen molar-refractivity contribution in [2.24, 2.45) is 5.92 Å². The predicted molar refractivity (Wildman–Crippen MR) is 85.6 cm³/mol. The van der Waals surface area contributed by atoms with Crippen molar-refractivity contribution in [3.05, 3.63) is 35.9 Å². The summed E-state index contributed by atoms with van der Waals surface area (Å²) in [4.78, 5) is 0. The van der Waals surface area contributed by atoms with Crippen LogP contribution in [0.15, 0.2) is 30.3 Å². The molecule has 0 aliphatic rings. The number of rotatable bonds is 9. The van der Waals surface area contributed by atoms with Gasteiger partial charge in [0, 0.05) is 6.04 Å². The topological polar surface area (TPSA) is 12.0 Å². The molecule has 0 bridgehead atoms. The fraction of sp³-hybridized carbons (Fsp3) is 0.667. The van der Waals surface area contributed by atoms with Crippen molar-refractivity contribution in [2.45, 2.75) is 65.3 Å². The van der Waals surface area contributed by atoms with Gasteiger partial charge in [0.2, 0.25) is 0 Å². The summed E-state index contributed by atoms with van der Waals surface area (Å²) in [5, 5.41) is 3.76. The van der Waals surface area contributed by atoms with Crippen LogP contribution >= 0.6 is 0 Å². The molecule has 1 aromatic rings. The van der Waals surface area contributed by atoms with E-state index in [1.54, 1.807) is 0 Å². The second kappa shape index (κ2) is 9.14. The summed E-state index contributed by atoms with van der Waals surface area (Å²) in [5.41, 5.74) is 1.46. The highest BCUT2D eigenvalue weighted by atomic mass is 14.9. The van der Waals surface area contributed by atoms with Crippen molar-refractivity contribution in [1.82, 2.24) is 5.32 Å². The van der Waals surface area contributed by atoms with Crippen molar-refractivity contribution in [3.8, 4) is 0 Å². The minimum Gasteiger partial charge on any atom is -0.313 e. The SMILES string of the molecule is CCCNC(CC(C)CCC)C(C)c1ccccc1. The summed E-state index contributed by atoms with van der Waals surface area (Å²) in [6.07, 6.45) is 5.12. The normalized spacial score (nSPS) is 16.0. The van der Waals surface area contributed by atoms with Gasteiger partial charge in [0.1, 0.15) is 0 Å². The predicted octanol–water partition coefficient (Wildman–Crippen LogP) is 4.98. The van der Waals surface area contributed by atoms with Gasteiger partial charge in [0.25, 0.3) is 0 Å². The van der Waals surface area contributed by atoms with Gasteiger partial charge < -0.3 is 5.32 Å². The lowest BCUT2D eigenvalue weighted by atomic mass is 9.86. The van der Waals surface area contributed by atoms with Crippen LogP contribution in [-0.2, 0) is 0 Å². The maximum Gasteiger partial charge on any atom is 0.0136 e. The lowest BCUT2D eigenvalue weighted by Gasteiger charge is -2.28. The van der Waals surface area contributed by atoms with Crippen molar-refractivity contribution in [2.75, 3.05) is 6.54 Å². The van der Waals surface area contributed by atoms with E-state index in [4.69, 9.17) is 0 Å². The number of nitrogens with one attached hydrogen (secondary N) is 1. The Hall–Kier alpha value is -0.820. The van der Waals surface area contributed by atoms with E-state index in [-0.39, 0.29) is 0 Å². The molecule has 0 fully saturated rings. The van der Waals surface area contributed by atoms with Crippen LogP contribution < -0.4 is 5.32 Å². The number of hydrogen-bond donors (Lipinski definition) is 1. The molecule has 3 unspecified atom stereocenters. The smallest absolute Gasteiger partial charge is 0.0136 e. The molecule has 0 amide bonds. The van der Waals surface area contributed by atoms with Crippen LogP contribution in [0.25, 0.3) is 0 Å². The van der Waals surface area contributed by atoms with Gasteiger partial charge in [-0.3, -0.25) is 0 Å². The Balaban J connectivity index is 2.66. The van der Waals surface area contributed by atoms with Gasteiger partial charge in [-0.2, -0.15) is 0 Å². The largest absolute Gasteiger partial charge is 0.313 e. The summed E-state index contributed by atoms with van der Waals surface area (Å²) < 4.78 is 0. The van der Waals surface area contributed by atoms with Crippen LogP contribution in [0.5, 0.6) is 0 Å². The van der Waals surface area contributed by atoms with Gasteiger partial charge in [0.05, 0.1) is 0 Å². The molecule has 1 aromatic carbocycles. The third-order valence-electron chi connectivity index (χ3n) is 4.02. The van der Waals surface area contributed by atoms with Crippen LogP contribution in [0, 0.1) is 5.92 Å². The van der Waals surface area contributed by atoms with E-state index in [2.05, 4.69) is 63.3 Å². The zero-order valence-electron chi connectivity index (χ0n) is 13.2. The summed E-state index contributed by atoms with van der Waals surface area (Å²) in [5.74, 6) is 1.40. The zero-order valence-corrected chi connectivity index (χ0v) is 13.2. The Bertz CT molecular complexity index is 320. The van der Waals surface area contributed by atoms with Crippen LogP contribution in [0.4, 0.5) is 0 Å². The Kier molecular flexibility index (Phi) is 7.81. The van der Waals surface area contributed by atoms with E-state index in [1.165, 1.54) is 31.2 Å².